The molecule has 372 valence electrons. The molecule has 22 atom stereocenters. The highest BCUT2D eigenvalue weighted by Crippen LogP contribution is 2.45. The van der Waals surface area contributed by atoms with Crippen LogP contribution in [0.3, 0.4) is 0 Å². The van der Waals surface area contributed by atoms with Gasteiger partial charge in [-0.05, 0) is 27.2 Å². The Bertz CT molecular complexity index is 1620. The maximum atomic E-state index is 13.5. The molecule has 4 rings (SSSR count). The van der Waals surface area contributed by atoms with E-state index in [2.05, 4.69) is 6.92 Å². The van der Waals surface area contributed by atoms with E-state index in [0.29, 0.717) is 6.42 Å². The first kappa shape index (κ1) is 55.1. The number of esters is 2. The van der Waals surface area contributed by atoms with Crippen LogP contribution in [0.2, 0.25) is 0 Å². The second-order valence-electron chi connectivity index (χ2n) is 19.3. The number of carbonyl (C=O) groups is 2. The third-order valence-corrected chi connectivity index (χ3v) is 15.2. The molecule has 15 nitrogen and oxygen atoms in total. The van der Waals surface area contributed by atoms with E-state index in [4.69, 9.17) is 42.6 Å². The lowest BCUT2D eigenvalue weighted by Gasteiger charge is -2.51. The summed E-state index contributed by atoms with van der Waals surface area (Å²) in [6, 6.07) is 0. The zero-order chi connectivity index (χ0) is 48.6. The predicted molar refractivity (Wildman–Crippen MR) is 243 cm³/mol. The van der Waals surface area contributed by atoms with Crippen LogP contribution >= 0.6 is 0 Å². The standard InChI is InChI=1S/C50H82O15/c1-15-37-35(10)65-50(59-14,26-40(37)57-12)33(8)45(55)31(6)48-28(3)21-17-19-22-41(52)62-47(27(2)20-16-18-23-42(53)63-48)30(5)44(54)32(7)49(58-13)25-39(29(4)34(9)64-49)61-43-24-38(51)46(56)36(11)60-43/h16-23,27-40,43-48,51,54-56H,15,24-26H2,1-14H3/t27-,28-,29+,30-,31-,32-,33-,34+,35+,36-,37+,38-,39+,40+,43-,44+,45+,46+,47-,48-,49+,50+/m0/s1. The number of carbonyl (C=O) groups excluding carboxylic acids is 2. The number of rotatable bonds is 14. The fourth-order valence-corrected chi connectivity index (χ4v) is 10.5. The molecule has 15 heteroatoms. The number of allylic oxidation sites excluding steroid dienone is 4. The molecule has 0 spiro atoms. The normalized spacial score (nSPS) is 41.8. The maximum absolute atomic E-state index is 13.5. The van der Waals surface area contributed by atoms with Crippen molar-refractivity contribution in [2.24, 2.45) is 47.3 Å². The van der Waals surface area contributed by atoms with Crippen molar-refractivity contribution in [3.05, 3.63) is 48.6 Å². The molecule has 4 aliphatic heterocycles. The Kier molecular flexibility index (Phi) is 20.5. The Morgan fingerprint density at radius 1 is 0.692 bits per heavy atom. The van der Waals surface area contributed by atoms with Crippen molar-refractivity contribution < 1.29 is 72.6 Å². The average molecular weight is 923 g/mol. The van der Waals surface area contributed by atoms with E-state index in [-0.39, 0.29) is 43.0 Å². The van der Waals surface area contributed by atoms with Gasteiger partial charge < -0.3 is 63.1 Å². The van der Waals surface area contributed by atoms with Crippen LogP contribution in [0.15, 0.2) is 48.6 Å². The van der Waals surface area contributed by atoms with Crippen LogP contribution in [0.25, 0.3) is 0 Å². The lowest BCUT2D eigenvalue weighted by atomic mass is 9.76. The molecule has 4 N–H and O–H groups in total. The Balaban J connectivity index is 1.52. The fourth-order valence-electron chi connectivity index (χ4n) is 10.5. The second-order valence-corrected chi connectivity index (χ2v) is 19.3. The van der Waals surface area contributed by atoms with Crippen LogP contribution < -0.4 is 0 Å². The van der Waals surface area contributed by atoms with Crippen molar-refractivity contribution in [2.45, 2.75) is 187 Å². The third kappa shape index (κ3) is 13.0. The van der Waals surface area contributed by atoms with Crippen molar-refractivity contribution in [3.63, 3.8) is 0 Å². The zero-order valence-corrected chi connectivity index (χ0v) is 41.3. The topological polar surface area (TPSA) is 198 Å². The summed E-state index contributed by atoms with van der Waals surface area (Å²) in [6.45, 7) is 20.8. The van der Waals surface area contributed by atoms with Gasteiger partial charge in [0.2, 0.25) is 0 Å². The van der Waals surface area contributed by atoms with Crippen LogP contribution in [0.5, 0.6) is 0 Å². The van der Waals surface area contributed by atoms with Gasteiger partial charge in [-0.25, -0.2) is 9.59 Å². The van der Waals surface area contributed by atoms with E-state index in [0.717, 1.165) is 6.42 Å². The Morgan fingerprint density at radius 3 is 1.58 bits per heavy atom. The highest BCUT2D eigenvalue weighted by Gasteiger charge is 2.54. The first-order valence-corrected chi connectivity index (χ1v) is 23.7. The first-order chi connectivity index (χ1) is 30.6. The zero-order valence-electron chi connectivity index (χ0n) is 41.3. The first-order valence-electron chi connectivity index (χ1n) is 23.7. The van der Waals surface area contributed by atoms with E-state index in [9.17, 15) is 30.0 Å². The van der Waals surface area contributed by atoms with Crippen LogP contribution in [0.4, 0.5) is 0 Å². The summed E-state index contributed by atoms with van der Waals surface area (Å²) >= 11 is 0. The quantitative estimate of drug-likeness (QED) is 0.152. The second kappa shape index (κ2) is 24.1. The average Bonchev–Trinajstić information content (AvgIpc) is 3.28. The van der Waals surface area contributed by atoms with Crippen LogP contribution in [-0.2, 0) is 52.2 Å². The van der Waals surface area contributed by atoms with Crippen molar-refractivity contribution in [3.8, 4) is 0 Å². The van der Waals surface area contributed by atoms with Gasteiger partial charge in [-0.3, -0.25) is 0 Å². The monoisotopic (exact) mass is 923 g/mol. The van der Waals surface area contributed by atoms with Gasteiger partial charge in [0.05, 0.1) is 48.8 Å². The van der Waals surface area contributed by atoms with Crippen molar-refractivity contribution in [2.75, 3.05) is 21.3 Å². The largest absolute Gasteiger partial charge is 0.458 e. The molecule has 3 fully saturated rings. The third-order valence-electron chi connectivity index (χ3n) is 15.2. The number of aliphatic hydroxyl groups is 4. The van der Waals surface area contributed by atoms with Crippen molar-refractivity contribution in [1.29, 1.82) is 0 Å². The van der Waals surface area contributed by atoms with Crippen molar-refractivity contribution in [1.82, 2.24) is 0 Å². The van der Waals surface area contributed by atoms with Crippen LogP contribution in [-0.4, -0.2) is 139 Å². The summed E-state index contributed by atoms with van der Waals surface area (Å²) in [5.74, 6) is -6.84. The summed E-state index contributed by atoms with van der Waals surface area (Å²) in [7, 11) is 4.78. The molecular formula is C50H82O15. The summed E-state index contributed by atoms with van der Waals surface area (Å²) in [4.78, 5) is 26.9. The van der Waals surface area contributed by atoms with Gasteiger partial charge in [-0.15, -0.1) is 0 Å². The number of methoxy groups -OCH3 is 3. The lowest BCUT2D eigenvalue weighted by Crippen LogP contribution is -2.59. The maximum Gasteiger partial charge on any atom is 0.331 e. The number of aliphatic hydroxyl groups excluding tert-OH is 4. The number of hydrogen-bond acceptors (Lipinski definition) is 15. The highest BCUT2D eigenvalue weighted by molar-refractivity contribution is 5.83. The Labute approximate surface area is 387 Å². The molecule has 0 saturated carbocycles. The van der Waals surface area contributed by atoms with Gasteiger partial charge in [-0.1, -0.05) is 91.8 Å². The van der Waals surface area contributed by atoms with E-state index in [1.165, 1.54) is 19.3 Å². The molecule has 0 aromatic rings. The summed E-state index contributed by atoms with van der Waals surface area (Å²) in [5, 5.41) is 44.7. The van der Waals surface area contributed by atoms with Crippen LogP contribution in [0, 0.1) is 47.3 Å². The molecule has 0 bridgehead atoms. The smallest absolute Gasteiger partial charge is 0.331 e. The molecule has 4 aliphatic rings. The van der Waals surface area contributed by atoms with Gasteiger partial charge in [0, 0.05) is 100 Å². The van der Waals surface area contributed by atoms with Gasteiger partial charge in [-0.2, -0.15) is 0 Å². The summed E-state index contributed by atoms with van der Waals surface area (Å²) < 4.78 is 55.6. The molecule has 0 unspecified atom stereocenters. The summed E-state index contributed by atoms with van der Waals surface area (Å²) in [5.41, 5.74) is 0. The summed E-state index contributed by atoms with van der Waals surface area (Å²) in [6.07, 6.45) is 6.05. The molecule has 65 heavy (non-hydrogen) atoms. The van der Waals surface area contributed by atoms with E-state index in [1.54, 1.807) is 64.5 Å². The lowest BCUT2D eigenvalue weighted by molar-refractivity contribution is -0.350. The Hall–Kier alpha value is -2.54. The van der Waals surface area contributed by atoms with E-state index < -0.39 is 114 Å². The van der Waals surface area contributed by atoms with Crippen LogP contribution in [0.1, 0.15) is 102 Å². The molecule has 4 heterocycles. The van der Waals surface area contributed by atoms with Gasteiger partial charge in [0.15, 0.2) is 17.9 Å². The number of ether oxygens (including phenoxy) is 9. The minimum absolute atomic E-state index is 0.0991. The molecule has 0 aromatic carbocycles. The fraction of sp³-hybridized carbons (Fsp3) is 0.800. The molecule has 3 saturated heterocycles. The minimum atomic E-state index is -1.31. The SMILES string of the molecule is CC[C@@H]1[C@@H](C)O[C@@](OC)([C@@H](C)[C@H](O)[C@H](C)[C@H]2OC(=O)C=CC=C[C@H](C)[C@@H]([C@@H](C)[C@@H](O)[C@H](C)[C@@]3(OC)C[C@@H](O[C@H]4C[C@H](O)[C@H](O)[C@H](C)O4)[C@H](C)[C@@H](C)O3)OC(=O)C=CC=C[C@@H]2C)C[C@H]1OC. The predicted octanol–water partition coefficient (Wildman–Crippen LogP) is 5.81. The molecular weight excluding hydrogens is 841 g/mol. The van der Waals surface area contributed by atoms with E-state index in [1.807, 2.05) is 55.4 Å². The molecule has 0 amide bonds. The number of hydrogen-bond donors (Lipinski definition) is 4. The minimum Gasteiger partial charge on any atom is -0.458 e. The van der Waals surface area contributed by atoms with Gasteiger partial charge in [0.1, 0.15) is 18.3 Å². The van der Waals surface area contributed by atoms with Crippen molar-refractivity contribution >= 4 is 11.9 Å². The van der Waals surface area contributed by atoms with Gasteiger partial charge >= 0.3 is 11.9 Å². The molecule has 0 aliphatic carbocycles. The number of cyclic esters (lactones) is 2. The van der Waals surface area contributed by atoms with E-state index >= 15 is 0 Å². The molecule has 0 radical (unpaired) electrons. The molecule has 0 aromatic heterocycles. The van der Waals surface area contributed by atoms with Gasteiger partial charge in [0.25, 0.3) is 0 Å². The Morgan fingerprint density at radius 2 is 1.15 bits per heavy atom. The highest BCUT2D eigenvalue weighted by atomic mass is 16.7.